The van der Waals surface area contributed by atoms with Gasteiger partial charge in [-0.1, -0.05) is 109 Å². The Morgan fingerprint density at radius 2 is 1.12 bits per heavy atom. The van der Waals surface area contributed by atoms with Crippen molar-refractivity contribution in [2.24, 2.45) is 0 Å². The molecule has 0 saturated heterocycles. The van der Waals surface area contributed by atoms with E-state index in [-0.39, 0.29) is 4.90 Å². The third-order valence-electron chi connectivity index (χ3n) is 5.59. The molecule has 0 spiro atoms. The first-order valence-corrected chi connectivity index (χ1v) is 14.0. The predicted octanol–water partition coefficient (Wildman–Crippen LogP) is 7.41. The summed E-state index contributed by atoms with van der Waals surface area (Å²) in [5.74, 6) is 0. The van der Waals surface area contributed by atoms with Crippen molar-refractivity contribution in [2.45, 2.75) is 102 Å². The summed E-state index contributed by atoms with van der Waals surface area (Å²) in [4.78, 5) is -0.215. The Morgan fingerprint density at radius 1 is 0.750 bits per heavy atom. The average Bonchev–Trinajstić information content (AvgIpc) is 2.73. The Bertz CT molecular complexity index is 676. The minimum Gasteiger partial charge on any atom is -0.744 e. The highest BCUT2D eigenvalue weighted by molar-refractivity contribution is 7.85. The summed E-state index contributed by atoms with van der Waals surface area (Å²) in [5, 5.41) is 0. The highest BCUT2D eigenvalue weighted by atomic mass is 32.2. The Hall–Kier alpha value is -1.17. The van der Waals surface area contributed by atoms with Gasteiger partial charge in [0.25, 0.3) is 0 Å². The van der Waals surface area contributed by atoms with Gasteiger partial charge in [0, 0.05) is 0 Å². The van der Waals surface area contributed by atoms with Crippen LogP contribution in [0, 0.1) is 0 Å². The summed E-state index contributed by atoms with van der Waals surface area (Å²) in [6, 6.07) is 5.58. The van der Waals surface area contributed by atoms with Gasteiger partial charge in [-0.15, -0.1) is 0 Å². The summed E-state index contributed by atoms with van der Waals surface area (Å²) in [7, 11) is 2.57. The number of quaternary nitrogens is 1. The Balaban J connectivity index is 0.000000677. The van der Waals surface area contributed by atoms with Gasteiger partial charge in [-0.2, -0.15) is 0 Å². The van der Waals surface area contributed by atoms with Crippen molar-refractivity contribution in [1.82, 2.24) is 0 Å². The molecule has 0 N–H and O–H groups in total. The third-order valence-corrected chi connectivity index (χ3v) is 6.44. The van der Waals surface area contributed by atoms with Crippen LogP contribution >= 0.6 is 0 Å². The van der Waals surface area contributed by atoms with Crippen molar-refractivity contribution >= 4 is 16.2 Å². The van der Waals surface area contributed by atoms with E-state index in [0.29, 0.717) is 0 Å². The van der Waals surface area contributed by atoms with Crippen LogP contribution in [-0.4, -0.2) is 45.1 Å². The Kier molecular flexibility index (Phi) is 17.6. The Labute approximate surface area is 199 Å². The Morgan fingerprint density at radius 3 is 1.44 bits per heavy atom. The molecule has 0 aliphatic heterocycles. The van der Waals surface area contributed by atoms with Gasteiger partial charge in [0.2, 0.25) is 0 Å². The maximum atomic E-state index is 10.5. The fourth-order valence-electron chi connectivity index (χ4n) is 3.55. The van der Waals surface area contributed by atoms with E-state index in [1.165, 1.54) is 121 Å². The molecule has 4 nitrogen and oxygen atoms in total. The van der Waals surface area contributed by atoms with Gasteiger partial charge in [-0.25, -0.2) is 8.42 Å². The molecule has 1 rings (SSSR count). The van der Waals surface area contributed by atoms with Gasteiger partial charge in [0.15, 0.2) is 0 Å². The van der Waals surface area contributed by atoms with Crippen LogP contribution in [0.25, 0.3) is 6.08 Å². The summed E-state index contributed by atoms with van der Waals surface area (Å²) >= 11 is 0. The lowest BCUT2D eigenvalue weighted by molar-refractivity contribution is -0.870. The summed E-state index contributed by atoms with van der Waals surface area (Å²) in [5.41, 5.74) is 0.780. The molecule has 0 aliphatic carbocycles. The van der Waals surface area contributed by atoms with E-state index < -0.39 is 10.1 Å². The van der Waals surface area contributed by atoms with Crippen LogP contribution in [0.1, 0.15) is 102 Å². The second kappa shape index (κ2) is 18.3. The largest absolute Gasteiger partial charge is 0.744 e. The number of benzene rings is 1. The zero-order chi connectivity index (χ0) is 24.3. The molecule has 1 aromatic carbocycles. The topological polar surface area (TPSA) is 57.2 Å². The van der Waals surface area contributed by atoms with Crippen LogP contribution in [0.3, 0.4) is 0 Å². The summed E-state index contributed by atoms with van der Waals surface area (Å²) in [6.07, 6.45) is 21.9. The molecular formula is C27H49NO3S. The second-order valence-corrected chi connectivity index (χ2v) is 11.2. The molecule has 0 saturated carbocycles. The standard InChI is InChI=1S/C19H42N.C8H8O3S/c1-5-6-7-8-9-10-11-12-13-14-15-16-17-18-19-20(2,3)4;1-2-7-3-5-8(6-4-7)12(9,10)11/h5-19H2,1-4H3;2-6H,1H2,(H,9,10,11)/q+1;/p-1. The lowest BCUT2D eigenvalue weighted by atomic mass is 10.0. The van der Waals surface area contributed by atoms with Gasteiger partial charge in [0.05, 0.1) is 32.6 Å². The fourth-order valence-corrected chi connectivity index (χ4v) is 4.02. The van der Waals surface area contributed by atoms with Crippen molar-refractivity contribution < 1.29 is 17.5 Å². The minimum atomic E-state index is -4.31. The third kappa shape index (κ3) is 19.5. The molecule has 0 aliphatic rings. The van der Waals surface area contributed by atoms with E-state index in [4.69, 9.17) is 0 Å². The normalized spacial score (nSPS) is 11.7. The summed E-state index contributed by atoms with van der Waals surface area (Å²) in [6.45, 7) is 7.12. The van der Waals surface area contributed by atoms with Gasteiger partial charge in [-0.3, -0.25) is 0 Å². The monoisotopic (exact) mass is 467 g/mol. The van der Waals surface area contributed by atoms with Crippen LogP contribution < -0.4 is 0 Å². The van der Waals surface area contributed by atoms with Crippen molar-refractivity contribution in [1.29, 1.82) is 0 Å². The zero-order valence-electron chi connectivity index (χ0n) is 21.3. The minimum absolute atomic E-state index is 0.215. The molecule has 1 aromatic rings. The molecular weight excluding hydrogens is 418 g/mol. The smallest absolute Gasteiger partial charge is 0.124 e. The van der Waals surface area contributed by atoms with Crippen molar-refractivity contribution in [3.8, 4) is 0 Å². The predicted molar refractivity (Wildman–Crippen MR) is 138 cm³/mol. The molecule has 0 aromatic heterocycles. The van der Waals surface area contributed by atoms with Gasteiger partial charge >= 0.3 is 0 Å². The molecule has 0 unspecified atom stereocenters. The molecule has 0 amide bonds. The molecule has 32 heavy (non-hydrogen) atoms. The molecule has 0 atom stereocenters. The van der Waals surface area contributed by atoms with Crippen molar-refractivity contribution in [3.63, 3.8) is 0 Å². The van der Waals surface area contributed by atoms with Gasteiger partial charge < -0.3 is 9.04 Å². The second-order valence-electron chi connectivity index (χ2n) is 9.84. The zero-order valence-corrected chi connectivity index (χ0v) is 22.1. The number of rotatable bonds is 17. The molecule has 5 heteroatoms. The first-order valence-electron chi connectivity index (χ1n) is 12.6. The van der Waals surface area contributed by atoms with E-state index in [1.54, 1.807) is 6.08 Å². The van der Waals surface area contributed by atoms with Crippen LogP contribution in [0.2, 0.25) is 0 Å². The van der Waals surface area contributed by atoms with E-state index in [9.17, 15) is 13.0 Å². The lowest BCUT2D eigenvalue weighted by Crippen LogP contribution is -2.35. The van der Waals surface area contributed by atoms with E-state index in [0.717, 1.165) is 10.0 Å². The van der Waals surface area contributed by atoms with Crippen LogP contribution in [0.5, 0.6) is 0 Å². The average molecular weight is 468 g/mol. The van der Waals surface area contributed by atoms with Crippen LogP contribution in [-0.2, 0) is 10.1 Å². The SMILES string of the molecule is C=Cc1ccc(S(=O)(=O)[O-])cc1.CCCCCCCCCCCCCCCC[N+](C)(C)C. The van der Waals surface area contributed by atoms with E-state index >= 15 is 0 Å². The van der Waals surface area contributed by atoms with Crippen LogP contribution in [0.15, 0.2) is 35.7 Å². The molecule has 0 bridgehead atoms. The van der Waals surface area contributed by atoms with Crippen molar-refractivity contribution in [2.75, 3.05) is 27.7 Å². The van der Waals surface area contributed by atoms with Gasteiger partial charge in [-0.05, 0) is 30.5 Å². The highest BCUT2D eigenvalue weighted by Gasteiger charge is 2.05. The number of nitrogens with zero attached hydrogens (tertiary/aromatic N) is 1. The van der Waals surface area contributed by atoms with E-state index in [1.807, 2.05) is 0 Å². The maximum absolute atomic E-state index is 10.5. The maximum Gasteiger partial charge on any atom is 0.124 e. The molecule has 0 radical (unpaired) electrons. The van der Waals surface area contributed by atoms with E-state index in [2.05, 4.69) is 34.6 Å². The van der Waals surface area contributed by atoms with Crippen LogP contribution in [0.4, 0.5) is 0 Å². The first-order chi connectivity index (χ1) is 15.1. The number of hydrogen-bond acceptors (Lipinski definition) is 3. The number of hydrogen-bond donors (Lipinski definition) is 0. The number of unbranched alkanes of at least 4 members (excludes halogenated alkanes) is 13. The quantitative estimate of drug-likeness (QED) is 0.136. The summed E-state index contributed by atoms with van der Waals surface area (Å²) < 4.78 is 32.5. The highest BCUT2D eigenvalue weighted by Crippen LogP contribution is 2.13. The molecule has 0 fully saturated rings. The van der Waals surface area contributed by atoms with Gasteiger partial charge in [0.1, 0.15) is 10.1 Å². The van der Waals surface area contributed by atoms with Crippen molar-refractivity contribution in [3.05, 3.63) is 36.4 Å². The molecule has 186 valence electrons. The lowest BCUT2D eigenvalue weighted by Gasteiger charge is -2.23. The first kappa shape index (κ1) is 30.8. The fraction of sp³-hybridized carbons (Fsp3) is 0.704. The molecule has 0 heterocycles.